The number of ether oxygens (including phenoxy) is 1. The Morgan fingerprint density at radius 1 is 1.65 bits per heavy atom. The number of aromatic nitrogens is 3. The molecular weight excluding hydrogens is 222 g/mol. The van der Waals surface area contributed by atoms with E-state index in [0.29, 0.717) is 11.1 Å². The van der Waals surface area contributed by atoms with Gasteiger partial charge in [-0.15, -0.1) is 0 Å². The molecule has 2 heterocycles. The Labute approximate surface area is 96.2 Å². The number of fused-ring (bicyclic) bond motifs is 1. The van der Waals surface area contributed by atoms with Crippen molar-refractivity contribution in [2.24, 2.45) is 0 Å². The lowest BCUT2D eigenvalue weighted by Crippen LogP contribution is -2.09. The molecular formula is C11H9N3O3. The second-order valence-corrected chi connectivity index (χ2v) is 3.23. The van der Waals surface area contributed by atoms with Crippen LogP contribution < -0.4 is 5.56 Å². The van der Waals surface area contributed by atoms with Gasteiger partial charge in [-0.25, -0.2) is 4.52 Å². The van der Waals surface area contributed by atoms with Crippen LogP contribution in [0.25, 0.3) is 5.52 Å². The van der Waals surface area contributed by atoms with E-state index < -0.39 is 5.97 Å². The van der Waals surface area contributed by atoms with Crippen LogP contribution in [0.5, 0.6) is 0 Å². The van der Waals surface area contributed by atoms with Gasteiger partial charge in [0.05, 0.1) is 7.11 Å². The Morgan fingerprint density at radius 3 is 3.18 bits per heavy atom. The highest BCUT2D eigenvalue weighted by Crippen LogP contribution is 2.02. The standard InChI is InChI=1S/C11H9N3O3/c1-17-10(15)4-2-3-8-5-9-11(16)12-7-13-14(9)6-8/h5-7H,4H2,1H3,(H,12,13,16). The van der Waals surface area contributed by atoms with Crippen LogP contribution >= 0.6 is 0 Å². The zero-order chi connectivity index (χ0) is 12.3. The summed E-state index contributed by atoms with van der Waals surface area (Å²) in [6.07, 6.45) is 2.95. The maximum atomic E-state index is 11.4. The highest BCUT2D eigenvalue weighted by atomic mass is 16.5. The van der Waals surface area contributed by atoms with Gasteiger partial charge in [0, 0.05) is 11.8 Å². The van der Waals surface area contributed by atoms with Gasteiger partial charge in [-0.3, -0.25) is 9.59 Å². The molecule has 0 aromatic carbocycles. The van der Waals surface area contributed by atoms with E-state index in [1.165, 1.54) is 18.0 Å². The molecule has 0 saturated heterocycles. The van der Waals surface area contributed by atoms with Crippen molar-refractivity contribution >= 4 is 11.5 Å². The monoisotopic (exact) mass is 231 g/mol. The topological polar surface area (TPSA) is 76.5 Å². The highest BCUT2D eigenvalue weighted by molar-refractivity contribution is 5.72. The molecule has 86 valence electrons. The molecule has 0 aliphatic rings. The molecule has 0 atom stereocenters. The van der Waals surface area contributed by atoms with Crippen LogP contribution in [0.4, 0.5) is 0 Å². The number of hydrogen-bond donors (Lipinski definition) is 1. The van der Waals surface area contributed by atoms with Crippen molar-refractivity contribution in [2.45, 2.75) is 6.42 Å². The minimum Gasteiger partial charge on any atom is -0.468 e. The molecule has 0 fully saturated rings. The second kappa shape index (κ2) is 4.53. The normalized spacial score (nSPS) is 9.71. The quantitative estimate of drug-likeness (QED) is 0.551. The molecule has 2 aromatic heterocycles. The largest absolute Gasteiger partial charge is 0.468 e. The third kappa shape index (κ3) is 2.34. The smallest absolute Gasteiger partial charge is 0.317 e. The molecule has 0 aliphatic heterocycles. The Kier molecular flexibility index (Phi) is 2.92. The third-order valence-corrected chi connectivity index (χ3v) is 2.10. The van der Waals surface area contributed by atoms with Crippen molar-refractivity contribution in [2.75, 3.05) is 7.11 Å². The van der Waals surface area contributed by atoms with E-state index in [1.54, 1.807) is 12.3 Å². The average Bonchev–Trinajstić information content (AvgIpc) is 2.73. The van der Waals surface area contributed by atoms with Gasteiger partial charge in [-0.2, -0.15) is 5.10 Å². The van der Waals surface area contributed by atoms with Gasteiger partial charge in [0.1, 0.15) is 18.3 Å². The molecule has 1 N–H and O–H groups in total. The number of carbonyl (C=O) groups excluding carboxylic acids is 1. The number of carbonyl (C=O) groups is 1. The lowest BCUT2D eigenvalue weighted by atomic mass is 10.3. The first kappa shape index (κ1) is 11.0. The molecule has 0 amide bonds. The Morgan fingerprint density at radius 2 is 2.47 bits per heavy atom. The average molecular weight is 231 g/mol. The number of rotatable bonds is 1. The summed E-state index contributed by atoms with van der Waals surface area (Å²) in [4.78, 5) is 24.7. The molecule has 2 rings (SSSR count). The summed E-state index contributed by atoms with van der Waals surface area (Å²) in [6.45, 7) is 0. The molecule has 6 heteroatoms. The van der Waals surface area contributed by atoms with Crippen molar-refractivity contribution in [1.82, 2.24) is 14.6 Å². The van der Waals surface area contributed by atoms with Crippen molar-refractivity contribution in [3.8, 4) is 11.8 Å². The summed E-state index contributed by atoms with van der Waals surface area (Å²) in [5.41, 5.74) is 0.800. The van der Waals surface area contributed by atoms with Gasteiger partial charge >= 0.3 is 5.97 Å². The summed E-state index contributed by atoms with van der Waals surface area (Å²) in [6, 6.07) is 1.61. The predicted octanol–water partition coefficient (Wildman–Crippen LogP) is -0.0628. The maximum absolute atomic E-state index is 11.4. The van der Waals surface area contributed by atoms with Gasteiger partial charge in [0.25, 0.3) is 5.56 Å². The van der Waals surface area contributed by atoms with E-state index in [1.807, 2.05) is 0 Å². The molecule has 0 spiro atoms. The van der Waals surface area contributed by atoms with Crippen LogP contribution in [0.2, 0.25) is 0 Å². The van der Waals surface area contributed by atoms with E-state index >= 15 is 0 Å². The van der Waals surface area contributed by atoms with E-state index in [4.69, 9.17) is 0 Å². The Bertz CT molecular complexity index is 672. The predicted molar refractivity (Wildman–Crippen MR) is 59.3 cm³/mol. The van der Waals surface area contributed by atoms with Crippen LogP contribution in [0, 0.1) is 11.8 Å². The number of aromatic amines is 1. The van der Waals surface area contributed by atoms with Crippen molar-refractivity contribution in [3.05, 3.63) is 34.5 Å². The zero-order valence-electron chi connectivity index (χ0n) is 9.06. The van der Waals surface area contributed by atoms with Gasteiger partial charge in [-0.05, 0) is 6.07 Å². The summed E-state index contributed by atoms with van der Waals surface area (Å²) >= 11 is 0. The van der Waals surface area contributed by atoms with E-state index in [2.05, 4.69) is 26.7 Å². The molecule has 0 saturated carbocycles. The van der Waals surface area contributed by atoms with Gasteiger partial charge in [-0.1, -0.05) is 11.8 Å². The van der Waals surface area contributed by atoms with Gasteiger partial charge < -0.3 is 9.72 Å². The molecule has 2 aromatic rings. The maximum Gasteiger partial charge on any atom is 0.317 e. The lowest BCUT2D eigenvalue weighted by Gasteiger charge is -1.88. The summed E-state index contributed by atoms with van der Waals surface area (Å²) in [5, 5.41) is 3.92. The molecule has 6 nitrogen and oxygen atoms in total. The number of hydrogen-bond acceptors (Lipinski definition) is 4. The first-order chi connectivity index (χ1) is 8.20. The molecule has 0 unspecified atom stereocenters. The van der Waals surface area contributed by atoms with E-state index in [0.717, 1.165) is 0 Å². The number of nitrogens with zero attached hydrogens (tertiary/aromatic N) is 2. The fourth-order valence-corrected chi connectivity index (χ4v) is 1.30. The first-order valence-electron chi connectivity index (χ1n) is 4.82. The Balaban J connectivity index is 2.29. The summed E-state index contributed by atoms with van der Waals surface area (Å²) < 4.78 is 5.88. The summed E-state index contributed by atoms with van der Waals surface area (Å²) in [5.74, 6) is 5.03. The molecule has 0 aliphatic carbocycles. The van der Waals surface area contributed by atoms with Crippen LogP contribution in [0.15, 0.2) is 23.4 Å². The van der Waals surface area contributed by atoms with E-state index in [-0.39, 0.29) is 12.0 Å². The number of nitrogens with one attached hydrogen (secondary N) is 1. The molecule has 0 radical (unpaired) electrons. The number of esters is 1. The highest BCUT2D eigenvalue weighted by Gasteiger charge is 2.01. The van der Waals surface area contributed by atoms with Crippen molar-refractivity contribution < 1.29 is 9.53 Å². The second-order valence-electron chi connectivity index (χ2n) is 3.23. The van der Waals surface area contributed by atoms with Crippen LogP contribution in [-0.4, -0.2) is 27.7 Å². The molecule has 0 bridgehead atoms. The lowest BCUT2D eigenvalue weighted by molar-refractivity contribution is -0.139. The van der Waals surface area contributed by atoms with Crippen LogP contribution in [0.1, 0.15) is 12.0 Å². The third-order valence-electron chi connectivity index (χ3n) is 2.10. The summed E-state index contributed by atoms with van der Waals surface area (Å²) in [7, 11) is 1.31. The van der Waals surface area contributed by atoms with Crippen LogP contribution in [-0.2, 0) is 9.53 Å². The minimum absolute atomic E-state index is 0.0203. The SMILES string of the molecule is COC(=O)CC#Cc1cc2c(=O)[nH]cnn2c1. The van der Waals surface area contributed by atoms with Crippen LogP contribution in [0.3, 0.4) is 0 Å². The van der Waals surface area contributed by atoms with Gasteiger partial charge in [0.15, 0.2) is 0 Å². The first-order valence-corrected chi connectivity index (χ1v) is 4.82. The number of methoxy groups -OCH3 is 1. The van der Waals surface area contributed by atoms with Crippen molar-refractivity contribution in [1.29, 1.82) is 0 Å². The fourth-order valence-electron chi connectivity index (χ4n) is 1.30. The fraction of sp³-hybridized carbons (Fsp3) is 0.182. The van der Waals surface area contributed by atoms with Crippen molar-refractivity contribution in [3.63, 3.8) is 0 Å². The van der Waals surface area contributed by atoms with Gasteiger partial charge in [0.2, 0.25) is 0 Å². The van der Waals surface area contributed by atoms with E-state index in [9.17, 15) is 9.59 Å². The molecule has 17 heavy (non-hydrogen) atoms. The minimum atomic E-state index is -0.391. The Hall–Kier alpha value is -2.55. The number of H-pyrrole nitrogens is 1. The zero-order valence-corrected chi connectivity index (χ0v) is 9.06.